The third-order valence-corrected chi connectivity index (χ3v) is 9.25. The molecule has 3 aromatic rings. The van der Waals surface area contributed by atoms with E-state index in [2.05, 4.69) is 26.6 Å². The number of amides is 7. The van der Waals surface area contributed by atoms with Gasteiger partial charge in [0, 0.05) is 19.8 Å². The molecule has 308 valence electrons. The van der Waals surface area contributed by atoms with E-state index in [0.29, 0.717) is 0 Å². The Morgan fingerprint density at radius 2 is 1.18 bits per heavy atom. The molecule has 0 bridgehead atoms. The van der Waals surface area contributed by atoms with E-state index in [-0.39, 0.29) is 37.5 Å². The van der Waals surface area contributed by atoms with Crippen LogP contribution in [0.3, 0.4) is 0 Å². The van der Waals surface area contributed by atoms with Crippen LogP contribution in [0, 0.1) is 11.8 Å². The maximum Gasteiger partial charge on any atom is 0.243 e. The van der Waals surface area contributed by atoms with Gasteiger partial charge >= 0.3 is 0 Å². The van der Waals surface area contributed by atoms with Crippen LogP contribution < -0.4 is 38.1 Å². The Morgan fingerprint density at radius 3 is 1.79 bits per heavy atom. The number of benzene rings is 3. The van der Waals surface area contributed by atoms with Crippen LogP contribution in [0.2, 0.25) is 0 Å². The molecule has 0 radical (unpaired) electrons. The van der Waals surface area contributed by atoms with E-state index >= 15 is 0 Å². The monoisotopic (exact) mass is 787 g/mol. The van der Waals surface area contributed by atoms with Crippen molar-refractivity contribution in [3.05, 3.63) is 83.9 Å². The Balaban J connectivity index is 1.74. The molecular weight excluding hydrogens is 731 g/mol. The van der Waals surface area contributed by atoms with Gasteiger partial charge < -0.3 is 43.2 Å². The van der Waals surface area contributed by atoms with Gasteiger partial charge in [-0.05, 0) is 46.6 Å². The number of nitrogens with two attached hydrogens (primary N) is 2. The number of nitrogens with one attached hydrogen (secondary N) is 5. The van der Waals surface area contributed by atoms with Crippen LogP contribution in [0.25, 0.3) is 10.8 Å². The third kappa shape index (κ3) is 15.3. The van der Waals surface area contributed by atoms with Gasteiger partial charge in [-0.25, -0.2) is 0 Å². The molecule has 0 spiro atoms. The number of carbonyl (C=O) groups excluding carboxylic acids is 7. The minimum absolute atomic E-state index is 0.0465. The van der Waals surface area contributed by atoms with Crippen LogP contribution in [-0.2, 0) is 46.4 Å². The van der Waals surface area contributed by atoms with Crippen molar-refractivity contribution in [2.45, 2.75) is 109 Å². The molecule has 0 aliphatic heterocycles. The van der Waals surface area contributed by atoms with E-state index in [0.717, 1.165) is 21.9 Å². The lowest BCUT2D eigenvalue weighted by molar-refractivity contribution is -0.134. The zero-order valence-corrected chi connectivity index (χ0v) is 33.2. The first-order valence-electron chi connectivity index (χ1n) is 19.2. The first-order chi connectivity index (χ1) is 26.9. The van der Waals surface area contributed by atoms with Crippen molar-refractivity contribution in [3.63, 3.8) is 0 Å². The van der Waals surface area contributed by atoms with E-state index in [1.807, 2.05) is 76.2 Å². The van der Waals surface area contributed by atoms with Crippen molar-refractivity contribution in [1.82, 2.24) is 26.6 Å². The molecule has 7 amide bonds. The normalized spacial score (nSPS) is 14.4. The molecule has 0 heterocycles. The van der Waals surface area contributed by atoms with Crippen LogP contribution in [0.1, 0.15) is 71.4 Å². The van der Waals surface area contributed by atoms with Gasteiger partial charge in [0.2, 0.25) is 41.4 Å². The summed E-state index contributed by atoms with van der Waals surface area (Å²) in [6.07, 6.45) is -1.94. The standard InChI is InChI=1S/C42H57N7O8/c1-24(2)18-31(36(51)23-38(53)46-33(19-25(3)4)40(55)48-32(39(44)54)20-27-12-7-6-8-13-27)47-42(57)35(22-37(43)52)49-41(56)34(45-26(5)50)21-29-16-11-15-28-14-9-10-17-30(28)29/h6-17,24-25,31-36,51H,18-23H2,1-5H3,(H2,43,52)(H2,44,54)(H,45,50)(H,46,53)(H,47,57)(H,48,55)(H,49,56)/t31-,32-,33-,34-,35-,36-/m0/s1. The van der Waals surface area contributed by atoms with Gasteiger partial charge in [0.1, 0.15) is 24.2 Å². The molecule has 0 aromatic heterocycles. The highest BCUT2D eigenvalue weighted by Crippen LogP contribution is 2.20. The van der Waals surface area contributed by atoms with Gasteiger partial charge in [-0.3, -0.25) is 33.6 Å². The number of aliphatic hydroxyl groups excluding tert-OH is 1. The average Bonchev–Trinajstić information content (AvgIpc) is 3.13. The van der Waals surface area contributed by atoms with Gasteiger partial charge in [0.05, 0.1) is 25.0 Å². The topological polar surface area (TPSA) is 252 Å². The molecule has 15 nitrogen and oxygen atoms in total. The van der Waals surface area contributed by atoms with E-state index < -0.39 is 90.5 Å². The van der Waals surface area contributed by atoms with E-state index in [9.17, 15) is 38.7 Å². The van der Waals surface area contributed by atoms with Crippen molar-refractivity contribution >= 4 is 52.1 Å². The zero-order valence-electron chi connectivity index (χ0n) is 33.2. The summed E-state index contributed by atoms with van der Waals surface area (Å²) in [6, 6.07) is 16.4. The van der Waals surface area contributed by atoms with Crippen molar-refractivity contribution in [3.8, 4) is 0 Å². The fourth-order valence-electron chi connectivity index (χ4n) is 6.56. The van der Waals surface area contributed by atoms with Crippen LogP contribution in [-0.4, -0.2) is 82.8 Å². The second-order valence-electron chi connectivity index (χ2n) is 15.2. The summed E-state index contributed by atoms with van der Waals surface area (Å²) in [4.78, 5) is 90.7. The predicted octanol–water partition coefficient (Wildman–Crippen LogP) is 1.27. The van der Waals surface area contributed by atoms with Gasteiger partial charge in [-0.15, -0.1) is 0 Å². The number of hydrogen-bond acceptors (Lipinski definition) is 8. The molecular formula is C42H57N7O8. The summed E-state index contributed by atoms with van der Waals surface area (Å²) >= 11 is 0. The summed E-state index contributed by atoms with van der Waals surface area (Å²) in [5.74, 6) is -5.16. The van der Waals surface area contributed by atoms with Crippen molar-refractivity contribution in [2.24, 2.45) is 23.3 Å². The molecule has 57 heavy (non-hydrogen) atoms. The van der Waals surface area contributed by atoms with E-state index in [1.165, 1.54) is 6.92 Å². The highest BCUT2D eigenvalue weighted by molar-refractivity contribution is 5.95. The molecule has 6 atom stereocenters. The Morgan fingerprint density at radius 1 is 0.596 bits per heavy atom. The SMILES string of the molecule is CC(=O)N[C@@H](Cc1cccc2ccccc12)C(=O)N[C@@H](CC(N)=O)C(=O)N[C@@H](CC(C)C)[C@@H](O)CC(=O)N[C@@H](CC(C)C)C(=O)N[C@@H](Cc1ccccc1)C(N)=O. The quantitative estimate of drug-likeness (QED) is 0.0735. The fourth-order valence-corrected chi connectivity index (χ4v) is 6.56. The first kappa shape index (κ1) is 45.6. The van der Waals surface area contributed by atoms with Crippen LogP contribution in [0.5, 0.6) is 0 Å². The summed E-state index contributed by atoms with van der Waals surface area (Å²) < 4.78 is 0. The minimum atomic E-state index is -1.48. The molecule has 3 rings (SSSR count). The number of primary amides is 2. The zero-order chi connectivity index (χ0) is 42.2. The minimum Gasteiger partial charge on any atom is -0.390 e. The van der Waals surface area contributed by atoms with Gasteiger partial charge in [-0.2, -0.15) is 0 Å². The Labute approximate surface area is 333 Å². The number of rotatable bonds is 22. The maximum absolute atomic E-state index is 13.7. The van der Waals surface area contributed by atoms with Gasteiger partial charge in [0.25, 0.3) is 0 Å². The number of aliphatic hydroxyl groups is 1. The highest BCUT2D eigenvalue weighted by Gasteiger charge is 2.33. The number of hydrogen-bond donors (Lipinski definition) is 8. The first-order valence-corrected chi connectivity index (χ1v) is 19.2. The fraction of sp³-hybridized carbons (Fsp3) is 0.452. The molecule has 0 unspecified atom stereocenters. The molecule has 0 saturated carbocycles. The van der Waals surface area contributed by atoms with E-state index in [1.54, 1.807) is 24.3 Å². The summed E-state index contributed by atoms with van der Waals surface area (Å²) in [6.45, 7) is 8.65. The molecule has 0 aliphatic carbocycles. The largest absolute Gasteiger partial charge is 0.390 e. The molecule has 15 heteroatoms. The van der Waals surface area contributed by atoms with Crippen LogP contribution in [0.4, 0.5) is 0 Å². The lowest BCUT2D eigenvalue weighted by atomic mass is 9.95. The molecule has 0 saturated heterocycles. The molecule has 10 N–H and O–H groups in total. The smallest absolute Gasteiger partial charge is 0.243 e. The van der Waals surface area contributed by atoms with E-state index in [4.69, 9.17) is 11.5 Å². The molecule has 3 aromatic carbocycles. The average molecular weight is 788 g/mol. The van der Waals surface area contributed by atoms with Crippen LogP contribution in [0.15, 0.2) is 72.8 Å². The third-order valence-electron chi connectivity index (χ3n) is 9.25. The van der Waals surface area contributed by atoms with Gasteiger partial charge in [-0.1, -0.05) is 100 Å². The van der Waals surface area contributed by atoms with Crippen molar-refractivity contribution < 1.29 is 38.7 Å². The number of carbonyl (C=O) groups is 7. The van der Waals surface area contributed by atoms with Crippen LogP contribution >= 0.6 is 0 Å². The molecule has 0 fully saturated rings. The molecule has 0 aliphatic rings. The summed E-state index contributed by atoms with van der Waals surface area (Å²) in [5, 5.41) is 26.3. The van der Waals surface area contributed by atoms with Crippen molar-refractivity contribution in [1.29, 1.82) is 0 Å². The highest BCUT2D eigenvalue weighted by atomic mass is 16.3. The maximum atomic E-state index is 13.7. The lowest BCUT2D eigenvalue weighted by Crippen LogP contribution is -2.58. The number of fused-ring (bicyclic) bond motifs is 1. The van der Waals surface area contributed by atoms with Crippen molar-refractivity contribution in [2.75, 3.05) is 0 Å². The summed E-state index contributed by atoms with van der Waals surface area (Å²) in [7, 11) is 0. The second kappa shape index (κ2) is 22.0. The summed E-state index contributed by atoms with van der Waals surface area (Å²) in [5.41, 5.74) is 12.6. The lowest BCUT2D eigenvalue weighted by Gasteiger charge is -2.29. The predicted molar refractivity (Wildman–Crippen MR) is 216 cm³/mol. The Kier molecular flexibility index (Phi) is 17.6. The Bertz CT molecular complexity index is 1860. The van der Waals surface area contributed by atoms with Gasteiger partial charge in [0.15, 0.2) is 0 Å². The second-order valence-corrected chi connectivity index (χ2v) is 15.2. The Hall–Kier alpha value is -5.83.